The van der Waals surface area contributed by atoms with Gasteiger partial charge in [-0.1, -0.05) is 31.2 Å². The molecule has 1 aliphatic carbocycles. The van der Waals surface area contributed by atoms with Crippen LogP contribution in [0.2, 0.25) is 0 Å². The van der Waals surface area contributed by atoms with Crippen LogP contribution in [-0.4, -0.2) is 70.1 Å². The first-order valence-corrected chi connectivity index (χ1v) is 10.9. The molecule has 1 aliphatic heterocycles. The molecule has 1 amide bonds. The van der Waals surface area contributed by atoms with Crippen LogP contribution in [0.1, 0.15) is 30.3 Å². The maximum absolute atomic E-state index is 13.5. The minimum Gasteiger partial charge on any atom is -0.354 e. The highest BCUT2D eigenvalue weighted by molar-refractivity contribution is 5.88. The van der Waals surface area contributed by atoms with Crippen LogP contribution in [0.5, 0.6) is 0 Å². The van der Waals surface area contributed by atoms with Gasteiger partial charge in [0.25, 0.3) is 0 Å². The molecule has 1 aromatic heterocycles. The van der Waals surface area contributed by atoms with Gasteiger partial charge in [0.2, 0.25) is 5.91 Å². The predicted octanol–water partition coefficient (Wildman–Crippen LogP) is 1.87. The van der Waals surface area contributed by atoms with Gasteiger partial charge in [-0.3, -0.25) is 9.69 Å². The Labute approximate surface area is 173 Å². The minimum absolute atomic E-state index is 0.195. The van der Waals surface area contributed by atoms with E-state index in [9.17, 15) is 4.79 Å². The first kappa shape index (κ1) is 20.1. The van der Waals surface area contributed by atoms with Crippen LogP contribution in [0, 0.1) is 6.92 Å². The van der Waals surface area contributed by atoms with Crippen LogP contribution in [0.15, 0.2) is 36.7 Å². The molecular weight excluding hydrogens is 362 g/mol. The number of carbonyl (C=O) groups excluding carboxylic acids is 1. The Bertz CT molecular complexity index is 812. The van der Waals surface area contributed by atoms with E-state index in [4.69, 9.17) is 0 Å². The Hall–Kier alpha value is -2.18. The van der Waals surface area contributed by atoms with Crippen LogP contribution < -0.4 is 5.32 Å². The molecule has 1 saturated heterocycles. The quantitative estimate of drug-likeness (QED) is 0.728. The van der Waals surface area contributed by atoms with Crippen molar-refractivity contribution in [2.45, 2.75) is 45.2 Å². The second-order valence-corrected chi connectivity index (χ2v) is 8.35. The van der Waals surface area contributed by atoms with Crippen LogP contribution >= 0.6 is 0 Å². The summed E-state index contributed by atoms with van der Waals surface area (Å²) < 4.78 is 2.14. The smallest absolute Gasteiger partial charge is 0.241 e. The van der Waals surface area contributed by atoms with E-state index >= 15 is 0 Å². The normalized spacial score (nSPS) is 19.2. The van der Waals surface area contributed by atoms with Gasteiger partial charge in [0.05, 0.1) is 0 Å². The Balaban J connectivity index is 1.43. The number of carbonyl (C=O) groups is 1. The van der Waals surface area contributed by atoms with E-state index < -0.39 is 5.54 Å². The Morgan fingerprint density at radius 3 is 2.41 bits per heavy atom. The molecule has 4 rings (SSSR count). The lowest BCUT2D eigenvalue weighted by atomic mass is 9.90. The number of likely N-dealkylation sites (N-methyl/N-ethyl adjacent to an activating group) is 1. The van der Waals surface area contributed by atoms with E-state index in [1.165, 1.54) is 11.1 Å². The third-order valence-corrected chi connectivity index (χ3v) is 6.72. The molecule has 2 heterocycles. The number of aromatic nitrogens is 2. The molecule has 2 aromatic rings. The first-order chi connectivity index (χ1) is 14.1. The van der Waals surface area contributed by atoms with E-state index in [0.717, 1.165) is 64.4 Å². The molecule has 0 atom stereocenters. The first-order valence-electron chi connectivity index (χ1n) is 10.9. The number of nitrogens with zero attached hydrogens (tertiary/aromatic N) is 4. The largest absolute Gasteiger partial charge is 0.354 e. The topological polar surface area (TPSA) is 53.4 Å². The van der Waals surface area contributed by atoms with E-state index in [1.807, 2.05) is 19.3 Å². The lowest BCUT2D eigenvalue weighted by molar-refractivity contribution is -0.134. The van der Waals surface area contributed by atoms with E-state index in [-0.39, 0.29) is 5.91 Å². The maximum atomic E-state index is 13.5. The van der Waals surface area contributed by atoms with E-state index in [1.54, 1.807) is 0 Å². The zero-order valence-electron chi connectivity index (χ0n) is 17.7. The van der Waals surface area contributed by atoms with Crippen molar-refractivity contribution in [3.63, 3.8) is 0 Å². The second kappa shape index (κ2) is 8.67. The number of rotatable bonds is 7. The fourth-order valence-corrected chi connectivity index (χ4v) is 4.87. The average molecular weight is 396 g/mol. The van der Waals surface area contributed by atoms with Gasteiger partial charge >= 0.3 is 0 Å². The summed E-state index contributed by atoms with van der Waals surface area (Å²) in [5.74, 6) is 1.22. The molecule has 1 aromatic carbocycles. The fourth-order valence-electron chi connectivity index (χ4n) is 4.87. The Kier molecular flexibility index (Phi) is 6.01. The molecule has 2 aliphatic rings. The fraction of sp³-hybridized carbons (Fsp3) is 0.565. The van der Waals surface area contributed by atoms with Gasteiger partial charge in [0.15, 0.2) is 0 Å². The van der Waals surface area contributed by atoms with Gasteiger partial charge < -0.3 is 14.8 Å². The highest BCUT2D eigenvalue weighted by Gasteiger charge is 2.48. The number of benzene rings is 1. The van der Waals surface area contributed by atoms with E-state index in [2.05, 4.69) is 55.9 Å². The van der Waals surface area contributed by atoms with Gasteiger partial charge in [0.1, 0.15) is 11.4 Å². The molecule has 1 N–H and O–H groups in total. The zero-order chi connectivity index (χ0) is 20.3. The summed E-state index contributed by atoms with van der Waals surface area (Å²) in [5.41, 5.74) is 2.22. The molecule has 0 saturated carbocycles. The van der Waals surface area contributed by atoms with Crippen molar-refractivity contribution < 1.29 is 4.79 Å². The summed E-state index contributed by atoms with van der Waals surface area (Å²) in [7, 11) is 0. The lowest BCUT2D eigenvalue weighted by Gasteiger charge is -2.44. The van der Waals surface area contributed by atoms with Gasteiger partial charge in [-0.25, -0.2) is 4.98 Å². The van der Waals surface area contributed by atoms with Gasteiger partial charge in [-0.2, -0.15) is 0 Å². The molecule has 0 radical (unpaired) electrons. The predicted molar refractivity (Wildman–Crippen MR) is 115 cm³/mol. The van der Waals surface area contributed by atoms with Crippen molar-refractivity contribution in [2.75, 3.05) is 39.3 Å². The summed E-state index contributed by atoms with van der Waals surface area (Å²) in [6.07, 6.45) is 6.38. The van der Waals surface area contributed by atoms with Crippen molar-refractivity contribution >= 4 is 5.91 Å². The van der Waals surface area contributed by atoms with Crippen LogP contribution in [0.25, 0.3) is 0 Å². The summed E-state index contributed by atoms with van der Waals surface area (Å²) in [6, 6.07) is 8.56. The van der Waals surface area contributed by atoms with Gasteiger partial charge in [-0.05, 0) is 31.0 Å². The van der Waals surface area contributed by atoms with Crippen LogP contribution in [0.3, 0.4) is 0 Å². The average Bonchev–Trinajstić information content (AvgIpc) is 3.35. The number of nitrogens with one attached hydrogen (secondary N) is 1. The molecule has 0 bridgehead atoms. The molecule has 0 spiro atoms. The summed E-state index contributed by atoms with van der Waals surface area (Å²) in [4.78, 5) is 22.7. The van der Waals surface area contributed by atoms with Crippen molar-refractivity contribution in [1.82, 2.24) is 24.7 Å². The highest BCUT2D eigenvalue weighted by Crippen LogP contribution is 2.35. The van der Waals surface area contributed by atoms with Crippen molar-refractivity contribution in [3.05, 3.63) is 53.6 Å². The number of piperazine rings is 1. The Morgan fingerprint density at radius 1 is 1.14 bits per heavy atom. The molecule has 6 heteroatoms. The zero-order valence-corrected chi connectivity index (χ0v) is 17.7. The van der Waals surface area contributed by atoms with Gasteiger partial charge in [0, 0.05) is 64.5 Å². The van der Waals surface area contributed by atoms with Crippen molar-refractivity contribution in [2.24, 2.45) is 0 Å². The Morgan fingerprint density at radius 2 is 1.83 bits per heavy atom. The summed E-state index contributed by atoms with van der Waals surface area (Å²) >= 11 is 0. The molecule has 29 heavy (non-hydrogen) atoms. The monoisotopic (exact) mass is 395 g/mol. The molecular formula is C23H33N5O. The number of fused-ring (bicyclic) bond motifs is 1. The number of hydrogen-bond acceptors (Lipinski definition) is 4. The molecule has 6 nitrogen and oxygen atoms in total. The summed E-state index contributed by atoms with van der Waals surface area (Å²) in [5, 5.41) is 3.28. The van der Waals surface area contributed by atoms with Crippen molar-refractivity contribution in [1.29, 1.82) is 0 Å². The number of imidazole rings is 1. The van der Waals surface area contributed by atoms with E-state index in [0.29, 0.717) is 6.54 Å². The second-order valence-electron chi connectivity index (χ2n) is 8.35. The number of amides is 1. The standard InChI is InChI=1S/C23H33N5O/c1-3-26-13-15-28(16-14-26)23(17-20-7-4-5-8-21(20)18-23)22(29)25-9-6-11-27-12-10-24-19(27)2/h4-5,7-8,10,12H,3,6,9,11,13-18H2,1-2H3,(H,25,29). The van der Waals surface area contributed by atoms with Gasteiger partial charge in [-0.15, -0.1) is 0 Å². The lowest BCUT2D eigenvalue weighted by Crippen LogP contribution is -2.64. The third-order valence-electron chi connectivity index (χ3n) is 6.72. The number of aryl methyl sites for hydroxylation is 2. The van der Waals surface area contributed by atoms with Crippen LogP contribution in [0.4, 0.5) is 0 Å². The third kappa shape index (κ3) is 4.09. The SMILES string of the molecule is CCN1CCN(C2(C(=O)NCCCn3ccnc3C)Cc3ccccc3C2)CC1. The highest BCUT2D eigenvalue weighted by atomic mass is 16.2. The molecule has 0 unspecified atom stereocenters. The summed E-state index contributed by atoms with van der Waals surface area (Å²) in [6.45, 7) is 10.9. The maximum Gasteiger partial charge on any atom is 0.241 e. The number of hydrogen-bond donors (Lipinski definition) is 1. The van der Waals surface area contributed by atoms with Crippen LogP contribution in [-0.2, 0) is 24.2 Å². The van der Waals surface area contributed by atoms with Crippen molar-refractivity contribution in [3.8, 4) is 0 Å². The molecule has 156 valence electrons. The minimum atomic E-state index is -0.436. The molecule has 1 fully saturated rings.